The van der Waals surface area contributed by atoms with Gasteiger partial charge in [-0.05, 0) is 44.5 Å². The normalized spacial score (nSPS) is 10.2. The molecule has 0 aliphatic rings. The fourth-order valence-corrected chi connectivity index (χ4v) is 1.85. The SMILES string of the molecule is C=CCc1cc(N)ccc1Oc1nc(C)cc(C)n1. The Kier molecular flexibility index (Phi) is 3.80. The predicted octanol–water partition coefficient (Wildman–Crippen LogP) is 3.20. The van der Waals surface area contributed by atoms with Crippen LogP contribution in [0.4, 0.5) is 5.69 Å². The van der Waals surface area contributed by atoms with Crippen LogP contribution in [0.25, 0.3) is 0 Å². The van der Waals surface area contributed by atoms with E-state index in [1.54, 1.807) is 6.07 Å². The van der Waals surface area contributed by atoms with Crippen molar-refractivity contribution < 1.29 is 4.74 Å². The Bertz CT molecular complexity index is 588. The molecule has 0 aliphatic carbocycles. The summed E-state index contributed by atoms with van der Waals surface area (Å²) in [6, 6.07) is 7.76. The quantitative estimate of drug-likeness (QED) is 0.673. The number of anilines is 1. The first-order valence-corrected chi connectivity index (χ1v) is 6.08. The third-order valence-corrected chi connectivity index (χ3v) is 2.61. The van der Waals surface area contributed by atoms with Gasteiger partial charge in [-0.3, -0.25) is 0 Å². The second kappa shape index (κ2) is 5.52. The molecule has 1 heterocycles. The number of nitrogens with two attached hydrogens (primary N) is 1. The minimum atomic E-state index is 0.354. The van der Waals surface area contributed by atoms with Crippen LogP contribution >= 0.6 is 0 Å². The highest BCUT2D eigenvalue weighted by molar-refractivity contribution is 5.49. The molecule has 0 radical (unpaired) electrons. The van der Waals surface area contributed by atoms with Gasteiger partial charge in [-0.1, -0.05) is 6.08 Å². The molecule has 1 aromatic carbocycles. The Morgan fingerprint density at radius 3 is 2.53 bits per heavy atom. The van der Waals surface area contributed by atoms with Gasteiger partial charge in [0, 0.05) is 22.6 Å². The standard InChI is InChI=1S/C15H17N3O/c1-4-5-12-9-13(16)6-7-14(12)19-15-17-10(2)8-11(3)18-15/h4,6-9H,1,5,16H2,2-3H3. The number of rotatable bonds is 4. The van der Waals surface area contributed by atoms with E-state index in [1.165, 1.54) is 0 Å². The molecule has 1 aromatic heterocycles. The number of aromatic nitrogens is 2. The number of aryl methyl sites for hydroxylation is 2. The Morgan fingerprint density at radius 1 is 1.21 bits per heavy atom. The summed E-state index contributed by atoms with van der Waals surface area (Å²) in [5.74, 6) is 0.708. The van der Waals surface area contributed by atoms with E-state index in [-0.39, 0.29) is 0 Å². The maximum atomic E-state index is 5.78. The molecule has 0 spiro atoms. The summed E-state index contributed by atoms with van der Waals surface area (Å²) >= 11 is 0. The molecule has 2 N–H and O–H groups in total. The summed E-state index contributed by atoms with van der Waals surface area (Å²) in [5, 5.41) is 0. The highest BCUT2D eigenvalue weighted by Crippen LogP contribution is 2.26. The van der Waals surface area contributed by atoms with Gasteiger partial charge < -0.3 is 10.5 Å². The molecular formula is C15H17N3O. The van der Waals surface area contributed by atoms with Gasteiger partial charge >= 0.3 is 6.01 Å². The molecule has 4 heteroatoms. The lowest BCUT2D eigenvalue weighted by atomic mass is 10.1. The van der Waals surface area contributed by atoms with E-state index in [4.69, 9.17) is 10.5 Å². The van der Waals surface area contributed by atoms with Crippen molar-refractivity contribution in [1.82, 2.24) is 9.97 Å². The van der Waals surface area contributed by atoms with Gasteiger partial charge in [-0.15, -0.1) is 6.58 Å². The van der Waals surface area contributed by atoms with E-state index in [9.17, 15) is 0 Å². The van der Waals surface area contributed by atoms with Crippen LogP contribution in [-0.2, 0) is 6.42 Å². The Hall–Kier alpha value is -2.36. The average Bonchev–Trinajstić information content (AvgIpc) is 2.32. The fraction of sp³-hybridized carbons (Fsp3) is 0.200. The van der Waals surface area contributed by atoms with Gasteiger partial charge in [-0.2, -0.15) is 0 Å². The molecule has 0 unspecified atom stereocenters. The molecule has 0 amide bonds. The predicted molar refractivity (Wildman–Crippen MR) is 76.3 cm³/mol. The molecule has 0 atom stereocenters. The van der Waals surface area contributed by atoms with E-state index in [1.807, 2.05) is 38.1 Å². The van der Waals surface area contributed by atoms with Crippen molar-refractivity contribution in [2.75, 3.05) is 5.73 Å². The van der Waals surface area contributed by atoms with Gasteiger partial charge in [0.15, 0.2) is 0 Å². The summed E-state index contributed by atoms with van der Waals surface area (Å²) in [5.41, 5.74) is 9.20. The van der Waals surface area contributed by atoms with Crippen molar-refractivity contribution in [2.24, 2.45) is 0 Å². The van der Waals surface area contributed by atoms with Crippen molar-refractivity contribution >= 4 is 5.69 Å². The van der Waals surface area contributed by atoms with Crippen LogP contribution in [0.3, 0.4) is 0 Å². The summed E-state index contributed by atoms with van der Waals surface area (Å²) in [4.78, 5) is 8.53. The van der Waals surface area contributed by atoms with E-state index in [0.717, 1.165) is 17.0 Å². The van der Waals surface area contributed by atoms with E-state index >= 15 is 0 Å². The van der Waals surface area contributed by atoms with Crippen molar-refractivity contribution in [3.8, 4) is 11.8 Å². The first-order valence-electron chi connectivity index (χ1n) is 6.08. The first kappa shape index (κ1) is 13.1. The van der Waals surface area contributed by atoms with Gasteiger partial charge in [0.2, 0.25) is 0 Å². The zero-order chi connectivity index (χ0) is 13.8. The molecule has 2 rings (SSSR count). The average molecular weight is 255 g/mol. The zero-order valence-electron chi connectivity index (χ0n) is 11.2. The van der Waals surface area contributed by atoms with E-state index in [2.05, 4.69) is 16.5 Å². The van der Waals surface area contributed by atoms with Crippen LogP contribution < -0.4 is 10.5 Å². The molecule has 4 nitrogen and oxygen atoms in total. The molecule has 98 valence electrons. The van der Waals surface area contributed by atoms with E-state index in [0.29, 0.717) is 23.9 Å². The third-order valence-electron chi connectivity index (χ3n) is 2.61. The number of hydrogen-bond acceptors (Lipinski definition) is 4. The molecule has 19 heavy (non-hydrogen) atoms. The van der Waals surface area contributed by atoms with Crippen LogP contribution in [-0.4, -0.2) is 9.97 Å². The fourth-order valence-electron chi connectivity index (χ4n) is 1.85. The largest absolute Gasteiger partial charge is 0.424 e. The van der Waals surface area contributed by atoms with E-state index < -0.39 is 0 Å². The second-order valence-electron chi connectivity index (χ2n) is 4.40. The zero-order valence-corrected chi connectivity index (χ0v) is 11.2. The number of benzene rings is 1. The van der Waals surface area contributed by atoms with Crippen LogP contribution in [0.5, 0.6) is 11.8 Å². The van der Waals surface area contributed by atoms with Crippen molar-refractivity contribution in [1.29, 1.82) is 0 Å². The summed E-state index contributed by atoms with van der Waals surface area (Å²) < 4.78 is 5.75. The van der Waals surface area contributed by atoms with Crippen molar-refractivity contribution in [2.45, 2.75) is 20.3 Å². The molecule has 0 saturated carbocycles. The number of allylic oxidation sites excluding steroid dienone is 1. The maximum Gasteiger partial charge on any atom is 0.322 e. The lowest BCUT2D eigenvalue weighted by molar-refractivity contribution is 0.435. The van der Waals surface area contributed by atoms with Crippen LogP contribution in [0.1, 0.15) is 17.0 Å². The van der Waals surface area contributed by atoms with Crippen molar-refractivity contribution in [3.05, 3.63) is 53.9 Å². The number of nitrogens with zero attached hydrogens (tertiary/aromatic N) is 2. The summed E-state index contributed by atoms with van der Waals surface area (Å²) in [7, 11) is 0. The number of hydrogen-bond donors (Lipinski definition) is 1. The Labute approximate surface area is 113 Å². The molecular weight excluding hydrogens is 238 g/mol. The lowest BCUT2D eigenvalue weighted by Crippen LogP contribution is -1.99. The molecule has 0 fully saturated rings. The van der Waals surface area contributed by atoms with Crippen molar-refractivity contribution in [3.63, 3.8) is 0 Å². The van der Waals surface area contributed by atoms with Gasteiger partial charge in [-0.25, -0.2) is 9.97 Å². The highest BCUT2D eigenvalue weighted by Gasteiger charge is 2.07. The van der Waals surface area contributed by atoms with Crippen LogP contribution in [0.2, 0.25) is 0 Å². The van der Waals surface area contributed by atoms with Gasteiger partial charge in [0.25, 0.3) is 0 Å². The first-order chi connectivity index (χ1) is 9.08. The summed E-state index contributed by atoms with van der Waals surface area (Å²) in [6.07, 6.45) is 2.50. The third kappa shape index (κ3) is 3.31. The maximum absolute atomic E-state index is 5.78. The lowest BCUT2D eigenvalue weighted by Gasteiger charge is -2.10. The van der Waals surface area contributed by atoms with Gasteiger partial charge in [0.1, 0.15) is 5.75 Å². The Balaban J connectivity index is 2.34. The second-order valence-corrected chi connectivity index (χ2v) is 4.40. The minimum absolute atomic E-state index is 0.354. The monoisotopic (exact) mass is 255 g/mol. The minimum Gasteiger partial charge on any atom is -0.424 e. The smallest absolute Gasteiger partial charge is 0.322 e. The molecule has 2 aromatic rings. The van der Waals surface area contributed by atoms with Gasteiger partial charge in [0.05, 0.1) is 0 Å². The Morgan fingerprint density at radius 2 is 1.89 bits per heavy atom. The van der Waals surface area contributed by atoms with Crippen LogP contribution in [0, 0.1) is 13.8 Å². The van der Waals surface area contributed by atoms with Crippen LogP contribution in [0.15, 0.2) is 36.9 Å². The molecule has 0 saturated heterocycles. The number of ether oxygens (including phenoxy) is 1. The molecule has 0 aliphatic heterocycles. The number of nitrogen functional groups attached to an aromatic ring is 1. The highest BCUT2D eigenvalue weighted by atomic mass is 16.5. The summed E-state index contributed by atoms with van der Waals surface area (Å²) in [6.45, 7) is 7.56. The molecule has 0 bridgehead atoms. The topological polar surface area (TPSA) is 61.0 Å².